The number of hydrogen-bond donors (Lipinski definition) is 2. The Hall–Kier alpha value is -1.20. The minimum absolute atomic E-state index is 0.604. The Kier molecular flexibility index (Phi) is 3.66. The lowest BCUT2D eigenvalue weighted by atomic mass is 10.2. The number of benzene rings is 1. The maximum Gasteiger partial charge on any atom is 0.166 e. The van der Waals surface area contributed by atoms with Crippen LogP contribution in [0.1, 0.15) is 12.8 Å². The van der Waals surface area contributed by atoms with E-state index in [1.807, 2.05) is 25.2 Å². The number of rotatable bonds is 6. The average Bonchev–Trinajstić information content (AvgIpc) is 3.18. The third-order valence-electron chi connectivity index (χ3n) is 3.63. The summed E-state index contributed by atoms with van der Waals surface area (Å²) in [5.74, 6) is 2.79. The second kappa shape index (κ2) is 5.43. The molecule has 1 atom stereocenters. The van der Waals surface area contributed by atoms with Crippen LogP contribution in [0, 0.1) is 5.92 Å². The monoisotopic (exact) mass is 277 g/mol. The number of aromatic amines is 1. The lowest BCUT2D eigenvalue weighted by molar-refractivity contribution is 0.415. The summed E-state index contributed by atoms with van der Waals surface area (Å²) >= 11 is 1.79. The SMILES string of the molecule is CNC(CSc1nc2ccc(OC)cc2[nH]1)C1CC1. The molecule has 1 heterocycles. The molecule has 2 N–H and O–H groups in total. The van der Waals surface area contributed by atoms with E-state index in [0.717, 1.165) is 33.6 Å². The molecule has 19 heavy (non-hydrogen) atoms. The smallest absolute Gasteiger partial charge is 0.166 e. The fraction of sp³-hybridized carbons (Fsp3) is 0.500. The fourth-order valence-electron chi connectivity index (χ4n) is 2.28. The Morgan fingerprint density at radius 1 is 1.53 bits per heavy atom. The molecule has 1 aromatic carbocycles. The summed E-state index contributed by atoms with van der Waals surface area (Å²) in [6.07, 6.45) is 2.73. The molecule has 1 fully saturated rings. The molecule has 1 aliphatic rings. The second-order valence-electron chi connectivity index (χ2n) is 4.97. The molecule has 1 aromatic heterocycles. The van der Waals surface area contributed by atoms with Crippen molar-refractivity contribution in [1.29, 1.82) is 0 Å². The van der Waals surface area contributed by atoms with Gasteiger partial charge in [0.25, 0.3) is 0 Å². The lowest BCUT2D eigenvalue weighted by Gasteiger charge is -2.13. The highest BCUT2D eigenvalue weighted by atomic mass is 32.2. The van der Waals surface area contributed by atoms with Gasteiger partial charge in [0.05, 0.1) is 18.1 Å². The molecular weight excluding hydrogens is 258 g/mol. The largest absolute Gasteiger partial charge is 0.497 e. The number of nitrogens with zero attached hydrogens (tertiary/aromatic N) is 1. The molecule has 3 rings (SSSR count). The minimum Gasteiger partial charge on any atom is -0.497 e. The molecule has 2 aromatic rings. The fourth-order valence-corrected chi connectivity index (χ4v) is 3.40. The molecule has 0 spiro atoms. The van der Waals surface area contributed by atoms with Gasteiger partial charge in [-0.05, 0) is 37.9 Å². The summed E-state index contributed by atoms with van der Waals surface area (Å²) < 4.78 is 5.22. The first kappa shape index (κ1) is 12.8. The van der Waals surface area contributed by atoms with Crippen molar-refractivity contribution < 1.29 is 4.74 Å². The van der Waals surface area contributed by atoms with Crippen molar-refractivity contribution in [3.05, 3.63) is 18.2 Å². The zero-order valence-electron chi connectivity index (χ0n) is 11.3. The van der Waals surface area contributed by atoms with Gasteiger partial charge in [-0.25, -0.2) is 4.98 Å². The van der Waals surface area contributed by atoms with E-state index in [4.69, 9.17) is 4.74 Å². The van der Waals surface area contributed by atoms with Crippen molar-refractivity contribution in [2.24, 2.45) is 5.92 Å². The van der Waals surface area contributed by atoms with Crippen LogP contribution < -0.4 is 10.1 Å². The number of fused-ring (bicyclic) bond motifs is 1. The first-order valence-electron chi connectivity index (χ1n) is 6.64. The number of nitrogens with one attached hydrogen (secondary N) is 2. The Morgan fingerprint density at radius 3 is 3.05 bits per heavy atom. The Labute approximate surface area is 117 Å². The molecule has 1 aliphatic carbocycles. The number of H-pyrrole nitrogens is 1. The molecule has 0 bridgehead atoms. The van der Waals surface area contributed by atoms with Crippen molar-refractivity contribution in [1.82, 2.24) is 15.3 Å². The van der Waals surface area contributed by atoms with Crippen molar-refractivity contribution >= 4 is 22.8 Å². The number of imidazole rings is 1. The van der Waals surface area contributed by atoms with Crippen LogP contribution in [-0.4, -0.2) is 35.9 Å². The van der Waals surface area contributed by atoms with Gasteiger partial charge in [0.2, 0.25) is 0 Å². The number of hydrogen-bond acceptors (Lipinski definition) is 4. The van der Waals surface area contributed by atoms with Crippen molar-refractivity contribution in [3.63, 3.8) is 0 Å². The van der Waals surface area contributed by atoms with Crippen LogP contribution in [0.2, 0.25) is 0 Å². The van der Waals surface area contributed by atoms with Gasteiger partial charge >= 0.3 is 0 Å². The van der Waals surface area contributed by atoms with Gasteiger partial charge in [0.1, 0.15) is 5.75 Å². The van der Waals surface area contributed by atoms with E-state index in [-0.39, 0.29) is 0 Å². The van der Waals surface area contributed by atoms with Crippen LogP contribution >= 0.6 is 11.8 Å². The van der Waals surface area contributed by atoms with Crippen molar-refractivity contribution in [3.8, 4) is 5.75 Å². The molecule has 0 amide bonds. The van der Waals surface area contributed by atoms with Crippen LogP contribution in [0.25, 0.3) is 11.0 Å². The third-order valence-corrected chi connectivity index (χ3v) is 4.62. The number of thioether (sulfide) groups is 1. The maximum absolute atomic E-state index is 5.22. The molecule has 1 saturated carbocycles. The maximum atomic E-state index is 5.22. The van der Waals surface area contributed by atoms with E-state index in [0.29, 0.717) is 6.04 Å². The van der Waals surface area contributed by atoms with Crippen molar-refractivity contribution in [2.45, 2.75) is 24.0 Å². The summed E-state index contributed by atoms with van der Waals surface area (Å²) in [5, 5.41) is 4.39. The standard InChI is InChI=1S/C14H19N3OS/c1-15-13(9-3-4-9)8-19-14-16-11-6-5-10(18-2)7-12(11)17-14/h5-7,9,13,15H,3-4,8H2,1-2H3,(H,16,17). The zero-order chi connectivity index (χ0) is 13.2. The van der Waals surface area contributed by atoms with E-state index in [1.54, 1.807) is 18.9 Å². The molecule has 0 aliphatic heterocycles. The van der Waals surface area contributed by atoms with E-state index >= 15 is 0 Å². The molecular formula is C14H19N3OS. The first-order chi connectivity index (χ1) is 9.30. The molecule has 0 radical (unpaired) electrons. The Bertz CT molecular complexity index is 565. The Balaban J connectivity index is 1.70. The van der Waals surface area contributed by atoms with E-state index in [2.05, 4.69) is 15.3 Å². The number of aromatic nitrogens is 2. The van der Waals surface area contributed by atoms with Gasteiger partial charge in [-0.1, -0.05) is 11.8 Å². The summed E-state index contributed by atoms with van der Waals surface area (Å²) in [6.45, 7) is 0. The van der Waals surface area contributed by atoms with E-state index < -0.39 is 0 Å². The predicted molar refractivity (Wildman–Crippen MR) is 78.9 cm³/mol. The summed E-state index contributed by atoms with van der Waals surface area (Å²) in [4.78, 5) is 7.95. The molecule has 102 valence electrons. The van der Waals surface area contributed by atoms with Gasteiger partial charge < -0.3 is 15.0 Å². The van der Waals surface area contributed by atoms with Crippen LogP contribution in [0.5, 0.6) is 5.75 Å². The van der Waals surface area contributed by atoms with Gasteiger partial charge in [0.15, 0.2) is 5.16 Å². The number of methoxy groups -OCH3 is 1. The zero-order valence-corrected chi connectivity index (χ0v) is 12.1. The molecule has 0 saturated heterocycles. The lowest BCUT2D eigenvalue weighted by Crippen LogP contribution is -2.29. The van der Waals surface area contributed by atoms with Gasteiger partial charge in [-0.2, -0.15) is 0 Å². The van der Waals surface area contributed by atoms with E-state index in [9.17, 15) is 0 Å². The van der Waals surface area contributed by atoms with Crippen LogP contribution in [0.4, 0.5) is 0 Å². The first-order valence-corrected chi connectivity index (χ1v) is 7.62. The summed E-state index contributed by atoms with van der Waals surface area (Å²) in [6, 6.07) is 6.53. The third kappa shape index (κ3) is 2.87. The molecule has 5 heteroatoms. The van der Waals surface area contributed by atoms with E-state index in [1.165, 1.54) is 12.8 Å². The quantitative estimate of drug-likeness (QED) is 0.797. The van der Waals surface area contributed by atoms with Gasteiger partial charge in [0, 0.05) is 17.9 Å². The van der Waals surface area contributed by atoms with Gasteiger partial charge in [-0.3, -0.25) is 0 Å². The highest BCUT2D eigenvalue weighted by Crippen LogP contribution is 2.35. The summed E-state index contributed by atoms with van der Waals surface area (Å²) in [5.41, 5.74) is 2.03. The normalized spacial score (nSPS) is 16.7. The molecule has 4 nitrogen and oxygen atoms in total. The second-order valence-corrected chi connectivity index (χ2v) is 5.98. The van der Waals surface area contributed by atoms with Crippen LogP contribution in [0.15, 0.2) is 23.4 Å². The van der Waals surface area contributed by atoms with Crippen molar-refractivity contribution in [2.75, 3.05) is 19.9 Å². The highest BCUT2D eigenvalue weighted by molar-refractivity contribution is 7.99. The minimum atomic E-state index is 0.604. The average molecular weight is 277 g/mol. The highest BCUT2D eigenvalue weighted by Gasteiger charge is 2.30. The molecule has 1 unspecified atom stereocenters. The van der Waals surface area contributed by atoms with Gasteiger partial charge in [-0.15, -0.1) is 0 Å². The van der Waals surface area contributed by atoms with Crippen LogP contribution in [0.3, 0.4) is 0 Å². The Morgan fingerprint density at radius 2 is 2.37 bits per heavy atom. The van der Waals surface area contributed by atoms with Crippen LogP contribution in [-0.2, 0) is 0 Å². The summed E-state index contributed by atoms with van der Waals surface area (Å²) in [7, 11) is 3.73. The predicted octanol–water partition coefficient (Wildman–Crippen LogP) is 2.66. The topological polar surface area (TPSA) is 49.9 Å². The number of ether oxygens (including phenoxy) is 1.